The van der Waals surface area contributed by atoms with Crippen LogP contribution in [0.2, 0.25) is 0 Å². The van der Waals surface area contributed by atoms with Gasteiger partial charge in [-0.15, -0.1) is 0 Å². The standard InChI is InChI=1S/C16H14N4O3/c1-2-19-15-4-3-12(20(22)23)9-14(15)18-13(10-16(19)21)11-5-7-17-8-6-11/h3-9H,2,10H2,1H3. The van der Waals surface area contributed by atoms with Crippen molar-refractivity contribution < 1.29 is 9.72 Å². The van der Waals surface area contributed by atoms with Gasteiger partial charge in [0.1, 0.15) is 0 Å². The van der Waals surface area contributed by atoms with Crippen molar-refractivity contribution in [3.05, 3.63) is 58.4 Å². The molecule has 0 bridgehead atoms. The van der Waals surface area contributed by atoms with E-state index in [1.54, 1.807) is 35.5 Å². The molecule has 0 N–H and O–H groups in total. The lowest BCUT2D eigenvalue weighted by atomic mass is 10.1. The van der Waals surface area contributed by atoms with Crippen LogP contribution in [0.15, 0.2) is 47.7 Å². The van der Waals surface area contributed by atoms with Gasteiger partial charge >= 0.3 is 0 Å². The molecule has 116 valence electrons. The molecule has 0 unspecified atom stereocenters. The van der Waals surface area contributed by atoms with Crippen LogP contribution in [0.3, 0.4) is 0 Å². The third-order valence-electron chi connectivity index (χ3n) is 3.67. The number of fused-ring (bicyclic) bond motifs is 1. The molecular weight excluding hydrogens is 296 g/mol. The van der Waals surface area contributed by atoms with Crippen LogP contribution in [0.1, 0.15) is 18.9 Å². The number of aliphatic imine (C=N–C) groups is 1. The van der Waals surface area contributed by atoms with Gasteiger partial charge in [-0.2, -0.15) is 0 Å². The van der Waals surface area contributed by atoms with Crippen molar-refractivity contribution in [2.45, 2.75) is 13.3 Å². The van der Waals surface area contributed by atoms with Crippen molar-refractivity contribution in [3.8, 4) is 0 Å². The van der Waals surface area contributed by atoms with Crippen LogP contribution in [0, 0.1) is 10.1 Å². The molecule has 1 aromatic heterocycles. The smallest absolute Gasteiger partial charge is 0.271 e. The van der Waals surface area contributed by atoms with Crippen molar-refractivity contribution in [3.63, 3.8) is 0 Å². The lowest BCUT2D eigenvalue weighted by Crippen LogP contribution is -2.31. The number of amides is 1. The number of anilines is 1. The maximum atomic E-state index is 12.5. The summed E-state index contributed by atoms with van der Waals surface area (Å²) in [5, 5.41) is 11.0. The molecule has 7 nitrogen and oxygen atoms in total. The number of carbonyl (C=O) groups excluding carboxylic acids is 1. The van der Waals surface area contributed by atoms with Crippen molar-refractivity contribution in [2.24, 2.45) is 4.99 Å². The first-order chi connectivity index (χ1) is 11.1. The van der Waals surface area contributed by atoms with E-state index in [1.807, 2.05) is 6.92 Å². The SMILES string of the molecule is CCN1C(=O)CC(c2ccncc2)=Nc2cc([N+](=O)[O-])ccc21. The van der Waals surface area contributed by atoms with Gasteiger partial charge in [-0.25, -0.2) is 4.99 Å². The minimum atomic E-state index is -0.467. The Hall–Kier alpha value is -3.09. The monoisotopic (exact) mass is 310 g/mol. The number of nitro groups is 1. The third-order valence-corrected chi connectivity index (χ3v) is 3.67. The number of nitro benzene ring substituents is 1. The van der Waals surface area contributed by atoms with E-state index in [4.69, 9.17) is 0 Å². The second kappa shape index (κ2) is 5.96. The summed E-state index contributed by atoms with van der Waals surface area (Å²) in [7, 11) is 0. The van der Waals surface area contributed by atoms with Gasteiger partial charge in [-0.1, -0.05) is 0 Å². The Kier molecular flexibility index (Phi) is 3.84. The van der Waals surface area contributed by atoms with Crippen molar-refractivity contribution >= 4 is 28.7 Å². The molecule has 23 heavy (non-hydrogen) atoms. The van der Waals surface area contributed by atoms with E-state index in [2.05, 4.69) is 9.98 Å². The first-order valence-corrected chi connectivity index (χ1v) is 7.17. The van der Waals surface area contributed by atoms with Gasteiger partial charge < -0.3 is 4.90 Å². The zero-order chi connectivity index (χ0) is 16.4. The zero-order valence-corrected chi connectivity index (χ0v) is 12.5. The minimum absolute atomic E-state index is 0.0491. The fraction of sp³-hybridized carbons (Fsp3) is 0.188. The van der Waals surface area contributed by atoms with Gasteiger partial charge in [0.25, 0.3) is 5.69 Å². The van der Waals surface area contributed by atoms with Gasteiger partial charge in [-0.3, -0.25) is 19.9 Å². The maximum Gasteiger partial charge on any atom is 0.271 e. The highest BCUT2D eigenvalue weighted by molar-refractivity contribution is 6.17. The van der Waals surface area contributed by atoms with E-state index in [-0.39, 0.29) is 18.0 Å². The average Bonchev–Trinajstić information content (AvgIpc) is 2.70. The molecule has 2 aromatic rings. The highest BCUT2D eigenvalue weighted by Gasteiger charge is 2.25. The summed E-state index contributed by atoms with van der Waals surface area (Å²) >= 11 is 0. The van der Waals surface area contributed by atoms with Gasteiger partial charge in [0.2, 0.25) is 5.91 Å². The fourth-order valence-electron chi connectivity index (χ4n) is 2.56. The largest absolute Gasteiger partial charge is 0.310 e. The summed E-state index contributed by atoms with van der Waals surface area (Å²) in [6.45, 7) is 2.34. The molecule has 1 aliphatic heterocycles. The Morgan fingerprint density at radius 3 is 2.65 bits per heavy atom. The summed E-state index contributed by atoms with van der Waals surface area (Å²) in [5.41, 5.74) is 2.33. The van der Waals surface area contributed by atoms with E-state index in [1.165, 1.54) is 12.1 Å². The summed E-state index contributed by atoms with van der Waals surface area (Å²) < 4.78 is 0. The number of carbonyl (C=O) groups is 1. The molecule has 0 atom stereocenters. The Morgan fingerprint density at radius 2 is 2.00 bits per heavy atom. The topological polar surface area (TPSA) is 88.7 Å². The van der Waals surface area contributed by atoms with Crippen LogP contribution in [0.25, 0.3) is 0 Å². The van der Waals surface area contributed by atoms with Gasteiger partial charge in [-0.05, 0) is 30.7 Å². The number of nitrogens with zero attached hydrogens (tertiary/aromatic N) is 4. The van der Waals surface area contributed by atoms with Crippen LogP contribution in [-0.2, 0) is 4.79 Å². The number of rotatable bonds is 3. The van der Waals surface area contributed by atoms with Crippen LogP contribution in [-0.4, -0.2) is 28.1 Å². The van der Waals surface area contributed by atoms with Crippen LogP contribution >= 0.6 is 0 Å². The van der Waals surface area contributed by atoms with Crippen LogP contribution in [0.4, 0.5) is 17.1 Å². The predicted molar refractivity (Wildman–Crippen MR) is 86.2 cm³/mol. The van der Waals surface area contributed by atoms with E-state index in [0.717, 1.165) is 5.56 Å². The average molecular weight is 310 g/mol. The predicted octanol–water partition coefficient (Wildman–Crippen LogP) is 2.87. The van der Waals surface area contributed by atoms with Crippen molar-refractivity contribution in [1.29, 1.82) is 0 Å². The van der Waals surface area contributed by atoms with E-state index in [0.29, 0.717) is 23.6 Å². The molecule has 0 fully saturated rings. The molecule has 2 heterocycles. The number of pyridine rings is 1. The molecule has 0 saturated heterocycles. The number of hydrogen-bond acceptors (Lipinski definition) is 5. The van der Waals surface area contributed by atoms with Crippen molar-refractivity contribution in [2.75, 3.05) is 11.4 Å². The highest BCUT2D eigenvalue weighted by atomic mass is 16.6. The lowest BCUT2D eigenvalue weighted by Gasteiger charge is -2.20. The number of non-ortho nitro benzene ring substituents is 1. The summed E-state index contributed by atoms with van der Waals surface area (Å²) in [6, 6.07) is 7.91. The minimum Gasteiger partial charge on any atom is -0.310 e. The Balaban J connectivity index is 2.17. The Morgan fingerprint density at radius 1 is 1.26 bits per heavy atom. The molecule has 1 aliphatic rings. The van der Waals surface area contributed by atoms with Crippen molar-refractivity contribution in [1.82, 2.24) is 4.98 Å². The quantitative estimate of drug-likeness (QED) is 0.644. The highest BCUT2D eigenvalue weighted by Crippen LogP contribution is 2.35. The molecule has 0 aliphatic carbocycles. The molecule has 1 aromatic carbocycles. The molecule has 1 amide bonds. The van der Waals surface area contributed by atoms with E-state index in [9.17, 15) is 14.9 Å². The first-order valence-electron chi connectivity index (χ1n) is 7.17. The molecule has 0 saturated carbocycles. The van der Waals surface area contributed by atoms with E-state index < -0.39 is 4.92 Å². The zero-order valence-electron chi connectivity index (χ0n) is 12.5. The van der Waals surface area contributed by atoms with E-state index >= 15 is 0 Å². The normalized spacial score (nSPS) is 14.0. The van der Waals surface area contributed by atoms with Gasteiger partial charge in [0.15, 0.2) is 0 Å². The Bertz CT molecular complexity index is 802. The molecule has 7 heteroatoms. The van der Waals surface area contributed by atoms with Crippen LogP contribution in [0.5, 0.6) is 0 Å². The Labute approximate surface area is 132 Å². The van der Waals surface area contributed by atoms with Gasteiger partial charge in [0.05, 0.1) is 28.4 Å². The molecule has 0 radical (unpaired) electrons. The number of hydrogen-bond donors (Lipinski definition) is 0. The number of benzene rings is 1. The second-order valence-corrected chi connectivity index (χ2v) is 5.04. The number of aromatic nitrogens is 1. The summed E-state index contributed by atoms with van der Waals surface area (Å²) in [5.74, 6) is -0.0873. The molecule has 0 spiro atoms. The lowest BCUT2D eigenvalue weighted by molar-refractivity contribution is -0.384. The van der Waals surface area contributed by atoms with Gasteiger partial charge in [0, 0.05) is 31.1 Å². The third kappa shape index (κ3) is 2.80. The summed E-state index contributed by atoms with van der Waals surface area (Å²) in [6.07, 6.45) is 3.39. The summed E-state index contributed by atoms with van der Waals surface area (Å²) in [4.78, 5) is 33.1. The fourth-order valence-corrected chi connectivity index (χ4v) is 2.56. The maximum absolute atomic E-state index is 12.5. The first kappa shape index (κ1) is 14.8. The molecule has 3 rings (SSSR count). The second-order valence-electron chi connectivity index (χ2n) is 5.04. The molecular formula is C16H14N4O3. The van der Waals surface area contributed by atoms with Crippen LogP contribution < -0.4 is 4.90 Å².